The van der Waals surface area contributed by atoms with Crippen molar-refractivity contribution >= 4 is 40.8 Å². The van der Waals surface area contributed by atoms with Crippen molar-refractivity contribution in [1.29, 1.82) is 0 Å². The largest absolute Gasteiger partial charge is 0.478 e. The summed E-state index contributed by atoms with van der Waals surface area (Å²) in [5.41, 5.74) is 0.807. The smallest absolute Gasteiger partial charge is 0.339 e. The van der Waals surface area contributed by atoms with E-state index < -0.39 is 11.9 Å². The number of rotatable bonds is 3. The zero-order valence-corrected chi connectivity index (χ0v) is 12.4. The zero-order chi connectivity index (χ0) is 15.6. The normalized spacial score (nSPS) is 10.2. The number of carbonyl (C=O) groups excluding carboxylic acids is 1. The first kappa shape index (κ1) is 15.3. The monoisotopic (exact) mass is 324 g/mol. The summed E-state index contributed by atoms with van der Waals surface area (Å²) in [6.45, 7) is 1.79. The van der Waals surface area contributed by atoms with Crippen LogP contribution in [0.3, 0.4) is 0 Å². The highest BCUT2D eigenvalue weighted by Crippen LogP contribution is 2.32. The van der Waals surface area contributed by atoms with Gasteiger partial charge in [0, 0.05) is 12.4 Å². The molecule has 21 heavy (non-hydrogen) atoms. The Morgan fingerprint density at radius 1 is 1.19 bits per heavy atom. The van der Waals surface area contributed by atoms with Crippen molar-refractivity contribution in [3.05, 3.63) is 57.3 Å². The molecule has 0 fully saturated rings. The van der Waals surface area contributed by atoms with Crippen LogP contribution in [0.1, 0.15) is 26.3 Å². The maximum absolute atomic E-state index is 12.2. The molecule has 0 aliphatic carbocycles. The van der Waals surface area contributed by atoms with Crippen molar-refractivity contribution in [2.75, 3.05) is 5.32 Å². The average Bonchev–Trinajstić information content (AvgIpc) is 2.42. The molecule has 0 radical (unpaired) electrons. The minimum atomic E-state index is -1.28. The van der Waals surface area contributed by atoms with Gasteiger partial charge in [-0.1, -0.05) is 23.2 Å². The number of anilines is 1. The van der Waals surface area contributed by atoms with Crippen LogP contribution in [0.5, 0.6) is 0 Å². The first-order valence-electron chi connectivity index (χ1n) is 5.84. The highest BCUT2D eigenvalue weighted by Gasteiger charge is 2.20. The molecule has 0 saturated carbocycles. The third-order valence-corrected chi connectivity index (χ3v) is 3.32. The lowest BCUT2D eigenvalue weighted by Gasteiger charge is -2.12. The number of carbonyl (C=O) groups is 2. The quantitative estimate of drug-likeness (QED) is 0.903. The Morgan fingerprint density at radius 2 is 1.86 bits per heavy atom. The Hall–Kier alpha value is -2.11. The minimum Gasteiger partial charge on any atom is -0.478 e. The van der Waals surface area contributed by atoms with Gasteiger partial charge >= 0.3 is 5.97 Å². The van der Waals surface area contributed by atoms with Gasteiger partial charge in [0.05, 0.1) is 21.3 Å². The summed E-state index contributed by atoms with van der Waals surface area (Å²) in [5, 5.41) is 11.7. The van der Waals surface area contributed by atoms with Crippen LogP contribution in [-0.2, 0) is 0 Å². The molecular formula is C14H10Cl2N2O3. The van der Waals surface area contributed by atoms with Crippen molar-refractivity contribution in [1.82, 2.24) is 4.98 Å². The molecule has 0 aliphatic rings. The van der Waals surface area contributed by atoms with Crippen LogP contribution in [-0.4, -0.2) is 22.0 Å². The van der Waals surface area contributed by atoms with Crippen LogP contribution in [0.25, 0.3) is 0 Å². The van der Waals surface area contributed by atoms with E-state index in [1.54, 1.807) is 19.2 Å². The Bertz CT molecular complexity index is 732. The standard InChI is InChI=1S/C14H10Cl2N2O3/c1-7-4-8(6-17-5-7)13(19)18-12-10(16)3-2-9(15)11(12)14(20)21/h2-6H,1H3,(H,18,19)(H,20,21). The third kappa shape index (κ3) is 3.32. The molecule has 0 aliphatic heterocycles. The molecule has 2 aromatic rings. The molecule has 0 unspecified atom stereocenters. The zero-order valence-electron chi connectivity index (χ0n) is 10.9. The second-order valence-electron chi connectivity index (χ2n) is 4.29. The van der Waals surface area contributed by atoms with Gasteiger partial charge in [-0.25, -0.2) is 4.79 Å². The predicted octanol–water partition coefficient (Wildman–Crippen LogP) is 3.65. The van der Waals surface area contributed by atoms with E-state index in [-0.39, 0.29) is 21.3 Å². The summed E-state index contributed by atoms with van der Waals surface area (Å²) >= 11 is 11.8. The highest BCUT2D eigenvalue weighted by molar-refractivity contribution is 6.38. The number of carboxylic acid groups (broad SMARTS) is 1. The molecule has 1 aromatic heterocycles. The van der Waals surface area contributed by atoms with E-state index in [2.05, 4.69) is 10.3 Å². The number of aromatic carboxylic acids is 1. The first-order chi connectivity index (χ1) is 9.90. The summed E-state index contributed by atoms with van der Waals surface area (Å²) in [7, 11) is 0. The molecule has 108 valence electrons. The fraction of sp³-hybridized carbons (Fsp3) is 0.0714. The molecule has 5 nitrogen and oxygen atoms in total. The van der Waals surface area contributed by atoms with E-state index in [9.17, 15) is 14.7 Å². The summed E-state index contributed by atoms with van der Waals surface area (Å²) in [6.07, 6.45) is 2.98. The molecule has 0 spiro atoms. The van der Waals surface area contributed by atoms with E-state index >= 15 is 0 Å². The van der Waals surface area contributed by atoms with Crippen LogP contribution in [0, 0.1) is 6.92 Å². The number of halogens is 2. The van der Waals surface area contributed by atoms with E-state index in [1.165, 1.54) is 18.3 Å². The van der Waals surface area contributed by atoms with Gasteiger partial charge in [0.1, 0.15) is 5.56 Å². The molecule has 0 saturated heterocycles. The molecule has 2 rings (SSSR count). The maximum Gasteiger partial charge on any atom is 0.339 e. The summed E-state index contributed by atoms with van der Waals surface area (Å²) < 4.78 is 0. The number of pyridine rings is 1. The Morgan fingerprint density at radius 3 is 2.48 bits per heavy atom. The number of nitrogens with zero attached hydrogens (tertiary/aromatic N) is 1. The fourth-order valence-corrected chi connectivity index (χ4v) is 2.19. The Kier molecular flexibility index (Phi) is 4.45. The van der Waals surface area contributed by atoms with Crippen LogP contribution in [0.4, 0.5) is 5.69 Å². The van der Waals surface area contributed by atoms with Crippen molar-refractivity contribution in [2.45, 2.75) is 6.92 Å². The lowest BCUT2D eigenvalue weighted by atomic mass is 10.1. The second-order valence-corrected chi connectivity index (χ2v) is 5.10. The number of hydrogen-bond donors (Lipinski definition) is 2. The molecule has 7 heteroatoms. The topological polar surface area (TPSA) is 79.3 Å². The average molecular weight is 325 g/mol. The van der Waals surface area contributed by atoms with Gasteiger partial charge in [0.15, 0.2) is 0 Å². The van der Waals surface area contributed by atoms with E-state index in [0.29, 0.717) is 5.56 Å². The molecule has 2 N–H and O–H groups in total. The predicted molar refractivity (Wildman–Crippen MR) is 80.3 cm³/mol. The van der Waals surface area contributed by atoms with Gasteiger partial charge in [0.2, 0.25) is 0 Å². The number of amides is 1. The van der Waals surface area contributed by atoms with Crippen LogP contribution in [0.2, 0.25) is 10.0 Å². The lowest BCUT2D eigenvalue weighted by molar-refractivity contribution is 0.0698. The van der Waals surface area contributed by atoms with Crippen molar-refractivity contribution in [3.63, 3.8) is 0 Å². The second kappa shape index (κ2) is 6.11. The summed E-state index contributed by atoms with van der Waals surface area (Å²) in [5.74, 6) is -1.79. The summed E-state index contributed by atoms with van der Waals surface area (Å²) in [4.78, 5) is 27.3. The van der Waals surface area contributed by atoms with Crippen molar-refractivity contribution in [2.24, 2.45) is 0 Å². The van der Waals surface area contributed by atoms with E-state index in [0.717, 1.165) is 5.56 Å². The van der Waals surface area contributed by atoms with Gasteiger partial charge in [-0.15, -0.1) is 0 Å². The van der Waals surface area contributed by atoms with Gasteiger partial charge in [-0.05, 0) is 30.7 Å². The molecule has 1 aromatic carbocycles. The van der Waals surface area contributed by atoms with Gasteiger partial charge in [-0.3, -0.25) is 9.78 Å². The van der Waals surface area contributed by atoms with E-state index in [4.69, 9.17) is 23.2 Å². The highest BCUT2D eigenvalue weighted by atomic mass is 35.5. The van der Waals surface area contributed by atoms with Crippen LogP contribution in [0.15, 0.2) is 30.6 Å². The maximum atomic E-state index is 12.2. The molecular weight excluding hydrogens is 315 g/mol. The van der Waals surface area contributed by atoms with Crippen LogP contribution < -0.4 is 5.32 Å². The number of carboxylic acids is 1. The fourth-order valence-electron chi connectivity index (χ4n) is 1.75. The summed E-state index contributed by atoms with van der Waals surface area (Å²) in [6, 6.07) is 4.40. The molecule has 1 heterocycles. The molecule has 1 amide bonds. The minimum absolute atomic E-state index is 0.00966. The number of benzene rings is 1. The van der Waals surface area contributed by atoms with Gasteiger partial charge in [0.25, 0.3) is 5.91 Å². The Balaban J connectivity index is 2.42. The lowest BCUT2D eigenvalue weighted by Crippen LogP contribution is -2.16. The van der Waals surface area contributed by atoms with Gasteiger partial charge in [-0.2, -0.15) is 0 Å². The Labute approximate surface area is 130 Å². The number of aryl methyl sites for hydroxylation is 1. The SMILES string of the molecule is Cc1cncc(C(=O)Nc2c(Cl)ccc(Cl)c2C(=O)O)c1. The third-order valence-electron chi connectivity index (χ3n) is 2.69. The van der Waals surface area contributed by atoms with Crippen molar-refractivity contribution < 1.29 is 14.7 Å². The number of nitrogens with one attached hydrogen (secondary N) is 1. The van der Waals surface area contributed by atoms with Crippen molar-refractivity contribution in [3.8, 4) is 0 Å². The number of hydrogen-bond acceptors (Lipinski definition) is 3. The molecule has 0 atom stereocenters. The number of aromatic nitrogens is 1. The van der Waals surface area contributed by atoms with E-state index in [1.807, 2.05) is 0 Å². The molecule has 0 bridgehead atoms. The van der Waals surface area contributed by atoms with Crippen LogP contribution >= 0.6 is 23.2 Å². The first-order valence-corrected chi connectivity index (χ1v) is 6.60. The van der Waals surface area contributed by atoms with Gasteiger partial charge < -0.3 is 10.4 Å².